The first-order valence-corrected chi connectivity index (χ1v) is 6.05. The topological polar surface area (TPSA) is 50.1 Å². The van der Waals surface area contributed by atoms with E-state index in [1.807, 2.05) is 0 Å². The van der Waals surface area contributed by atoms with E-state index < -0.39 is 0 Å². The summed E-state index contributed by atoms with van der Waals surface area (Å²) in [6.07, 6.45) is 7.76. The average molecular weight is 199 g/mol. The maximum Gasteiger partial charge on any atom is 0.0568 e. The second kappa shape index (κ2) is 7.21. The Kier molecular flexibility index (Phi) is 6.15. The molecule has 1 aliphatic heterocycles. The fourth-order valence-electron chi connectivity index (χ4n) is 1.95. The van der Waals surface area contributed by atoms with E-state index in [0.29, 0.717) is 12.2 Å². The van der Waals surface area contributed by atoms with Crippen molar-refractivity contribution in [2.75, 3.05) is 13.1 Å². The lowest BCUT2D eigenvalue weighted by molar-refractivity contribution is 0.409. The van der Waals surface area contributed by atoms with Crippen molar-refractivity contribution in [3.05, 3.63) is 0 Å². The van der Waals surface area contributed by atoms with E-state index in [2.05, 4.69) is 17.6 Å². The van der Waals surface area contributed by atoms with Gasteiger partial charge >= 0.3 is 0 Å². The van der Waals surface area contributed by atoms with Crippen LogP contribution in [0.2, 0.25) is 0 Å². The van der Waals surface area contributed by atoms with Crippen LogP contribution in [0.15, 0.2) is 0 Å². The summed E-state index contributed by atoms with van der Waals surface area (Å²) in [6.45, 7) is 4.44. The molecule has 2 unspecified atom stereocenters. The normalized spacial score (nSPS) is 32.1. The Balaban J connectivity index is 2.26. The highest BCUT2D eigenvalue weighted by Crippen LogP contribution is 2.05. The Labute approximate surface area is 87.8 Å². The SMILES string of the molecule is CCC1NCCCCC(N)CCCN1. The van der Waals surface area contributed by atoms with E-state index in [4.69, 9.17) is 5.73 Å². The molecule has 1 saturated heterocycles. The van der Waals surface area contributed by atoms with Crippen LogP contribution < -0.4 is 16.4 Å². The minimum Gasteiger partial charge on any atom is -0.328 e. The molecular weight excluding hydrogens is 174 g/mol. The van der Waals surface area contributed by atoms with Gasteiger partial charge in [-0.25, -0.2) is 0 Å². The van der Waals surface area contributed by atoms with Gasteiger partial charge in [-0.15, -0.1) is 0 Å². The molecule has 0 aromatic heterocycles. The molecule has 4 N–H and O–H groups in total. The van der Waals surface area contributed by atoms with Crippen molar-refractivity contribution in [3.63, 3.8) is 0 Å². The molecule has 3 heteroatoms. The summed E-state index contributed by atoms with van der Waals surface area (Å²) >= 11 is 0. The first-order valence-electron chi connectivity index (χ1n) is 6.05. The predicted molar refractivity (Wildman–Crippen MR) is 61.1 cm³/mol. The third-order valence-electron chi connectivity index (χ3n) is 2.94. The van der Waals surface area contributed by atoms with Gasteiger partial charge in [-0.05, 0) is 45.2 Å². The van der Waals surface area contributed by atoms with Gasteiger partial charge in [0.15, 0.2) is 0 Å². The minimum atomic E-state index is 0.426. The molecule has 14 heavy (non-hydrogen) atoms. The molecule has 1 aliphatic rings. The van der Waals surface area contributed by atoms with Crippen LogP contribution in [-0.4, -0.2) is 25.3 Å². The second-order valence-electron chi connectivity index (χ2n) is 4.27. The Bertz CT molecular complexity index is 138. The van der Waals surface area contributed by atoms with E-state index in [0.717, 1.165) is 19.5 Å². The van der Waals surface area contributed by atoms with Gasteiger partial charge in [0.05, 0.1) is 6.17 Å². The third kappa shape index (κ3) is 4.94. The summed E-state index contributed by atoms with van der Waals surface area (Å²) in [5, 5.41) is 7.05. The molecule has 84 valence electrons. The average Bonchev–Trinajstić information content (AvgIpc) is 2.23. The number of nitrogens with one attached hydrogen (secondary N) is 2. The molecule has 0 amide bonds. The van der Waals surface area contributed by atoms with Gasteiger partial charge in [0.25, 0.3) is 0 Å². The van der Waals surface area contributed by atoms with Crippen LogP contribution in [0.4, 0.5) is 0 Å². The summed E-state index contributed by atoms with van der Waals surface area (Å²) in [5.41, 5.74) is 5.99. The van der Waals surface area contributed by atoms with Crippen LogP contribution >= 0.6 is 0 Å². The molecule has 0 aliphatic carbocycles. The molecule has 1 fully saturated rings. The zero-order chi connectivity index (χ0) is 10.2. The van der Waals surface area contributed by atoms with Crippen molar-refractivity contribution in [2.45, 2.75) is 57.7 Å². The van der Waals surface area contributed by atoms with Gasteiger partial charge in [-0.3, -0.25) is 0 Å². The molecule has 0 radical (unpaired) electrons. The summed E-state index contributed by atoms with van der Waals surface area (Å²) < 4.78 is 0. The first kappa shape index (κ1) is 12.0. The van der Waals surface area contributed by atoms with Gasteiger partial charge in [-0.2, -0.15) is 0 Å². The first-order chi connectivity index (χ1) is 6.83. The fraction of sp³-hybridized carbons (Fsp3) is 1.00. The van der Waals surface area contributed by atoms with E-state index >= 15 is 0 Å². The van der Waals surface area contributed by atoms with Crippen LogP contribution in [0.25, 0.3) is 0 Å². The van der Waals surface area contributed by atoms with E-state index in [9.17, 15) is 0 Å². The third-order valence-corrected chi connectivity index (χ3v) is 2.94. The molecular formula is C11H25N3. The number of hydrogen-bond donors (Lipinski definition) is 3. The van der Waals surface area contributed by atoms with Crippen molar-refractivity contribution in [2.24, 2.45) is 5.73 Å². The van der Waals surface area contributed by atoms with Gasteiger partial charge in [0, 0.05) is 6.04 Å². The monoisotopic (exact) mass is 199 g/mol. The van der Waals surface area contributed by atoms with E-state index in [1.165, 1.54) is 32.1 Å². The number of nitrogens with two attached hydrogens (primary N) is 1. The molecule has 0 aromatic carbocycles. The lowest BCUT2D eigenvalue weighted by Crippen LogP contribution is -2.42. The summed E-state index contributed by atoms with van der Waals surface area (Å²) in [7, 11) is 0. The Hall–Kier alpha value is -0.120. The van der Waals surface area contributed by atoms with Crippen molar-refractivity contribution >= 4 is 0 Å². The Morgan fingerprint density at radius 2 is 1.71 bits per heavy atom. The highest BCUT2D eigenvalue weighted by atomic mass is 15.1. The molecule has 1 heterocycles. The largest absolute Gasteiger partial charge is 0.328 e. The number of rotatable bonds is 1. The molecule has 0 saturated carbocycles. The van der Waals surface area contributed by atoms with Crippen molar-refractivity contribution in [3.8, 4) is 0 Å². The van der Waals surface area contributed by atoms with Gasteiger partial charge in [0.1, 0.15) is 0 Å². The van der Waals surface area contributed by atoms with E-state index in [-0.39, 0.29) is 0 Å². The Morgan fingerprint density at radius 3 is 2.43 bits per heavy atom. The second-order valence-corrected chi connectivity index (χ2v) is 4.27. The van der Waals surface area contributed by atoms with Crippen LogP contribution in [0.3, 0.4) is 0 Å². The highest BCUT2D eigenvalue weighted by molar-refractivity contribution is 4.68. The van der Waals surface area contributed by atoms with Crippen LogP contribution in [-0.2, 0) is 0 Å². The zero-order valence-corrected chi connectivity index (χ0v) is 9.39. The molecule has 1 rings (SSSR count). The summed E-state index contributed by atoms with van der Waals surface area (Å²) in [5.74, 6) is 0. The maximum atomic E-state index is 5.99. The van der Waals surface area contributed by atoms with Crippen LogP contribution in [0, 0.1) is 0 Å². The maximum absolute atomic E-state index is 5.99. The van der Waals surface area contributed by atoms with Gasteiger partial charge in [-0.1, -0.05) is 13.3 Å². The fourth-order valence-corrected chi connectivity index (χ4v) is 1.95. The summed E-state index contributed by atoms with van der Waals surface area (Å²) in [4.78, 5) is 0. The molecule has 0 aromatic rings. The number of hydrogen-bond acceptors (Lipinski definition) is 3. The lowest BCUT2D eigenvalue weighted by Gasteiger charge is -2.18. The van der Waals surface area contributed by atoms with Gasteiger partial charge < -0.3 is 16.4 Å². The standard InChI is InChI=1S/C11H25N3/c1-2-11-13-8-4-3-6-10(12)7-5-9-14-11/h10-11,13-14H,2-9,12H2,1H3. The van der Waals surface area contributed by atoms with Gasteiger partial charge in [0.2, 0.25) is 0 Å². The van der Waals surface area contributed by atoms with E-state index in [1.54, 1.807) is 0 Å². The molecule has 3 nitrogen and oxygen atoms in total. The highest BCUT2D eigenvalue weighted by Gasteiger charge is 2.07. The molecule has 0 bridgehead atoms. The molecule has 2 atom stereocenters. The smallest absolute Gasteiger partial charge is 0.0568 e. The lowest BCUT2D eigenvalue weighted by atomic mass is 10.1. The summed E-state index contributed by atoms with van der Waals surface area (Å²) in [6, 6.07) is 0.426. The van der Waals surface area contributed by atoms with Crippen LogP contribution in [0.5, 0.6) is 0 Å². The quantitative estimate of drug-likeness (QED) is 0.594. The minimum absolute atomic E-state index is 0.426. The van der Waals surface area contributed by atoms with Crippen molar-refractivity contribution in [1.82, 2.24) is 10.6 Å². The van der Waals surface area contributed by atoms with Crippen molar-refractivity contribution < 1.29 is 0 Å². The Morgan fingerprint density at radius 1 is 1.07 bits per heavy atom. The zero-order valence-electron chi connectivity index (χ0n) is 9.39. The molecule has 0 spiro atoms. The predicted octanol–water partition coefficient (Wildman–Crippen LogP) is 1.19. The van der Waals surface area contributed by atoms with Crippen LogP contribution in [0.1, 0.15) is 45.4 Å². The van der Waals surface area contributed by atoms with Crippen molar-refractivity contribution in [1.29, 1.82) is 0 Å².